The number of para-hydroxylation sites is 1. The molecule has 3 nitrogen and oxygen atoms in total. The highest BCUT2D eigenvalue weighted by Crippen LogP contribution is 2.15. The highest BCUT2D eigenvalue weighted by molar-refractivity contribution is 5.89. The molecule has 0 bridgehead atoms. The predicted octanol–water partition coefficient (Wildman–Crippen LogP) is 2.07. The lowest BCUT2D eigenvalue weighted by molar-refractivity contribution is 0.0691. The van der Waals surface area contributed by atoms with E-state index >= 15 is 0 Å². The summed E-state index contributed by atoms with van der Waals surface area (Å²) >= 11 is 0. The van der Waals surface area contributed by atoms with Crippen molar-refractivity contribution < 1.29 is 14.3 Å². The smallest absolute Gasteiger partial charge is 0.354 e. The molecular weight excluding hydrogens is 185 g/mol. The van der Waals surface area contributed by atoms with Gasteiger partial charge in [-0.1, -0.05) is 18.2 Å². The molecule has 70 valence electrons. The maximum atomic E-state index is 13.2. The molecule has 1 aromatic heterocycles. The van der Waals surface area contributed by atoms with Gasteiger partial charge in [-0.2, -0.15) is 0 Å². The van der Waals surface area contributed by atoms with Crippen LogP contribution in [0, 0.1) is 5.82 Å². The maximum absolute atomic E-state index is 13.2. The van der Waals surface area contributed by atoms with Crippen molar-refractivity contribution >= 4 is 16.9 Å². The molecule has 0 saturated heterocycles. The molecular formula is C10H6FNO2. The van der Waals surface area contributed by atoms with E-state index in [9.17, 15) is 9.18 Å². The number of halogens is 1. The van der Waals surface area contributed by atoms with Crippen molar-refractivity contribution in [2.24, 2.45) is 0 Å². The van der Waals surface area contributed by atoms with Gasteiger partial charge in [-0.3, -0.25) is 0 Å². The normalized spacial score (nSPS) is 10.4. The quantitative estimate of drug-likeness (QED) is 0.750. The third kappa shape index (κ3) is 1.31. The molecule has 0 aliphatic rings. The number of carboxylic acid groups (broad SMARTS) is 1. The molecule has 0 radical (unpaired) electrons. The van der Waals surface area contributed by atoms with E-state index in [1.807, 2.05) is 0 Å². The van der Waals surface area contributed by atoms with Crippen molar-refractivity contribution in [3.63, 3.8) is 0 Å². The van der Waals surface area contributed by atoms with Crippen LogP contribution in [0.1, 0.15) is 10.5 Å². The van der Waals surface area contributed by atoms with E-state index in [-0.39, 0.29) is 11.2 Å². The van der Waals surface area contributed by atoms with Gasteiger partial charge in [0.25, 0.3) is 0 Å². The summed E-state index contributed by atoms with van der Waals surface area (Å²) in [5.74, 6) is -1.67. The summed E-state index contributed by atoms with van der Waals surface area (Å²) in [5.41, 5.74) is -0.0602. The van der Waals surface area contributed by atoms with Crippen molar-refractivity contribution in [2.45, 2.75) is 0 Å². The molecule has 1 aromatic carbocycles. The van der Waals surface area contributed by atoms with Crippen molar-refractivity contribution in [3.05, 3.63) is 41.8 Å². The number of aromatic nitrogens is 1. The lowest BCUT2D eigenvalue weighted by Crippen LogP contribution is -2.00. The molecule has 1 heterocycles. The summed E-state index contributed by atoms with van der Waals surface area (Å²) in [6.07, 6.45) is 0. The van der Waals surface area contributed by atoms with Crippen LogP contribution in [-0.4, -0.2) is 16.1 Å². The monoisotopic (exact) mass is 191 g/mol. The molecule has 0 unspecified atom stereocenters. The fourth-order valence-corrected chi connectivity index (χ4v) is 1.23. The van der Waals surface area contributed by atoms with Gasteiger partial charge in [0.1, 0.15) is 17.0 Å². The van der Waals surface area contributed by atoms with Gasteiger partial charge < -0.3 is 5.11 Å². The van der Waals surface area contributed by atoms with Gasteiger partial charge >= 0.3 is 5.97 Å². The molecule has 0 spiro atoms. The molecule has 0 atom stereocenters. The van der Waals surface area contributed by atoms with E-state index in [1.54, 1.807) is 12.1 Å². The lowest BCUT2D eigenvalue weighted by atomic mass is 10.2. The molecule has 1 N–H and O–H groups in total. The summed E-state index contributed by atoms with van der Waals surface area (Å²) in [6.45, 7) is 0. The Kier molecular flexibility index (Phi) is 1.89. The van der Waals surface area contributed by atoms with Gasteiger partial charge in [0, 0.05) is 5.39 Å². The minimum Gasteiger partial charge on any atom is -0.477 e. The zero-order valence-corrected chi connectivity index (χ0v) is 7.07. The van der Waals surface area contributed by atoms with E-state index in [0.29, 0.717) is 5.39 Å². The minimum absolute atomic E-state index is 0.0902. The van der Waals surface area contributed by atoms with Gasteiger partial charge in [0.15, 0.2) is 0 Å². The Morgan fingerprint density at radius 3 is 2.79 bits per heavy atom. The Hall–Kier alpha value is -1.97. The topological polar surface area (TPSA) is 50.2 Å². The van der Waals surface area contributed by atoms with Crippen LogP contribution >= 0.6 is 0 Å². The average molecular weight is 191 g/mol. The molecule has 2 aromatic rings. The van der Waals surface area contributed by atoms with Crippen molar-refractivity contribution in [1.82, 2.24) is 4.98 Å². The van der Waals surface area contributed by atoms with Crippen LogP contribution in [0.15, 0.2) is 30.3 Å². The highest BCUT2D eigenvalue weighted by Gasteiger charge is 2.07. The summed E-state index contributed by atoms with van der Waals surface area (Å²) in [6, 6.07) is 7.37. The van der Waals surface area contributed by atoms with Gasteiger partial charge in [-0.15, -0.1) is 0 Å². The summed E-state index contributed by atoms with van der Waals surface area (Å²) in [7, 11) is 0. The van der Waals surface area contributed by atoms with Crippen molar-refractivity contribution in [3.8, 4) is 0 Å². The fourth-order valence-electron chi connectivity index (χ4n) is 1.23. The SMILES string of the molecule is O=C(O)c1ccc2cccc(F)c2n1. The van der Waals surface area contributed by atoms with Crippen LogP contribution in [0.2, 0.25) is 0 Å². The van der Waals surface area contributed by atoms with E-state index in [0.717, 1.165) is 0 Å². The number of nitrogens with zero attached hydrogens (tertiary/aromatic N) is 1. The zero-order chi connectivity index (χ0) is 10.1. The molecule has 0 aliphatic heterocycles. The first-order valence-electron chi connectivity index (χ1n) is 3.97. The molecule has 0 aliphatic carbocycles. The molecule has 0 fully saturated rings. The Morgan fingerprint density at radius 2 is 2.07 bits per heavy atom. The number of pyridine rings is 1. The maximum Gasteiger partial charge on any atom is 0.354 e. The van der Waals surface area contributed by atoms with Crippen molar-refractivity contribution in [2.75, 3.05) is 0 Å². The Morgan fingerprint density at radius 1 is 1.29 bits per heavy atom. The molecule has 2 rings (SSSR count). The van der Waals surface area contributed by atoms with Gasteiger partial charge in [-0.05, 0) is 12.1 Å². The van der Waals surface area contributed by atoms with E-state index in [4.69, 9.17) is 5.11 Å². The second kappa shape index (κ2) is 3.06. The third-order valence-electron chi connectivity index (χ3n) is 1.89. The number of carbonyl (C=O) groups is 1. The summed E-state index contributed by atoms with van der Waals surface area (Å²) < 4.78 is 13.2. The van der Waals surface area contributed by atoms with Gasteiger partial charge in [0.2, 0.25) is 0 Å². The lowest BCUT2D eigenvalue weighted by Gasteiger charge is -1.99. The van der Waals surface area contributed by atoms with Crippen LogP contribution in [0.5, 0.6) is 0 Å². The van der Waals surface area contributed by atoms with Gasteiger partial charge in [0.05, 0.1) is 0 Å². The Labute approximate surface area is 78.8 Å². The predicted molar refractivity (Wildman–Crippen MR) is 48.7 cm³/mol. The Bertz CT molecular complexity index is 510. The third-order valence-corrected chi connectivity index (χ3v) is 1.89. The van der Waals surface area contributed by atoms with Crippen LogP contribution in [0.25, 0.3) is 10.9 Å². The average Bonchev–Trinajstić information content (AvgIpc) is 2.18. The number of hydrogen-bond donors (Lipinski definition) is 1. The number of benzene rings is 1. The second-order valence-electron chi connectivity index (χ2n) is 2.81. The van der Waals surface area contributed by atoms with Crippen LogP contribution < -0.4 is 0 Å². The number of hydrogen-bond acceptors (Lipinski definition) is 2. The number of fused-ring (bicyclic) bond motifs is 1. The minimum atomic E-state index is -1.16. The largest absolute Gasteiger partial charge is 0.477 e. The van der Waals surface area contributed by atoms with Crippen molar-refractivity contribution in [1.29, 1.82) is 0 Å². The van der Waals surface area contributed by atoms with Gasteiger partial charge in [-0.25, -0.2) is 14.2 Å². The Balaban J connectivity index is 2.76. The van der Waals surface area contributed by atoms with E-state index < -0.39 is 11.8 Å². The number of rotatable bonds is 1. The molecule has 0 amide bonds. The van der Waals surface area contributed by atoms with Crippen LogP contribution in [-0.2, 0) is 0 Å². The van der Waals surface area contributed by atoms with E-state index in [2.05, 4.69) is 4.98 Å². The number of aromatic carboxylic acids is 1. The first-order valence-corrected chi connectivity index (χ1v) is 3.97. The fraction of sp³-hybridized carbons (Fsp3) is 0. The highest BCUT2D eigenvalue weighted by atomic mass is 19.1. The first-order chi connectivity index (χ1) is 6.68. The van der Waals surface area contributed by atoms with E-state index in [1.165, 1.54) is 18.2 Å². The number of carboxylic acids is 1. The zero-order valence-electron chi connectivity index (χ0n) is 7.07. The standard InChI is InChI=1S/C10H6FNO2/c11-7-3-1-2-6-4-5-8(10(13)14)12-9(6)7/h1-5H,(H,13,14). The molecule has 14 heavy (non-hydrogen) atoms. The second-order valence-corrected chi connectivity index (χ2v) is 2.81. The first kappa shape index (κ1) is 8.62. The van der Waals surface area contributed by atoms with Crippen LogP contribution in [0.4, 0.5) is 4.39 Å². The molecule has 4 heteroatoms. The summed E-state index contributed by atoms with van der Waals surface area (Å²) in [5, 5.41) is 9.24. The summed E-state index contributed by atoms with van der Waals surface area (Å²) in [4.78, 5) is 14.3. The van der Waals surface area contributed by atoms with Crippen LogP contribution in [0.3, 0.4) is 0 Å². The molecule has 0 saturated carbocycles.